The number of halogens is 1. The van der Waals surface area contributed by atoms with Gasteiger partial charge in [0.05, 0.1) is 11.9 Å². The molecule has 0 saturated heterocycles. The van der Waals surface area contributed by atoms with Crippen molar-refractivity contribution in [2.24, 2.45) is 0 Å². The van der Waals surface area contributed by atoms with E-state index in [1.165, 1.54) is 4.90 Å². The number of alkyl halides is 1. The first-order chi connectivity index (χ1) is 5.59. The summed E-state index contributed by atoms with van der Waals surface area (Å²) in [7, 11) is 5.17. The van der Waals surface area contributed by atoms with Crippen LogP contribution in [-0.4, -0.2) is 48.8 Å². The molecule has 12 heavy (non-hydrogen) atoms. The number of hydrogen-bond acceptors (Lipinski definition) is 1. The third-order valence-corrected chi connectivity index (χ3v) is 1.50. The Morgan fingerprint density at radius 1 is 1.33 bits per heavy atom. The normalized spacial score (nSPS) is 8.33. The summed E-state index contributed by atoms with van der Waals surface area (Å²) in [5.41, 5.74) is 0. The van der Waals surface area contributed by atoms with Gasteiger partial charge in [-0.1, -0.05) is 27.8 Å². The van der Waals surface area contributed by atoms with Crippen molar-refractivity contribution in [2.75, 3.05) is 33.0 Å². The molecule has 0 N–H and O–H groups in total. The van der Waals surface area contributed by atoms with E-state index in [1.807, 2.05) is 0 Å². The highest BCUT2D eigenvalue weighted by atomic mass is 79.9. The zero-order valence-corrected chi connectivity index (χ0v) is 9.18. The maximum absolute atomic E-state index is 11.2. The predicted molar refractivity (Wildman–Crippen MR) is 53.3 cm³/mol. The molecule has 0 aromatic rings. The van der Waals surface area contributed by atoms with Gasteiger partial charge in [-0.15, -0.1) is 0 Å². The molecule has 0 radical (unpaired) electrons. The highest BCUT2D eigenvalue weighted by Gasteiger charge is 2.07. The predicted octanol–water partition coefficient (Wildman–Crippen LogP) is 0.998. The Bertz CT molecular complexity index is 205. The van der Waals surface area contributed by atoms with E-state index in [4.69, 9.17) is 0 Å². The Kier molecular flexibility index (Phi) is 5.56. The zero-order valence-electron chi connectivity index (χ0n) is 7.59. The molecule has 0 aliphatic rings. The van der Waals surface area contributed by atoms with Crippen LogP contribution in [0.1, 0.15) is 0 Å². The smallest absolute Gasteiger partial charge is 0.320 e. The Morgan fingerprint density at radius 2 is 1.92 bits per heavy atom. The van der Waals surface area contributed by atoms with Gasteiger partial charge in [-0.05, 0) is 0 Å². The van der Waals surface area contributed by atoms with Gasteiger partial charge in [0.2, 0.25) is 0 Å². The average Bonchev–Trinajstić information content (AvgIpc) is 2.03. The molecular formula is C8H13BrN2O. The Labute approximate surface area is 81.8 Å². The minimum absolute atomic E-state index is 0.0288. The van der Waals surface area contributed by atoms with E-state index >= 15 is 0 Å². The van der Waals surface area contributed by atoms with E-state index < -0.39 is 0 Å². The molecular weight excluding hydrogens is 220 g/mol. The van der Waals surface area contributed by atoms with E-state index in [9.17, 15) is 4.79 Å². The van der Waals surface area contributed by atoms with Crippen molar-refractivity contribution in [3.63, 3.8) is 0 Å². The van der Waals surface area contributed by atoms with Gasteiger partial charge in [0, 0.05) is 21.1 Å². The van der Waals surface area contributed by atoms with Gasteiger partial charge in [0.15, 0.2) is 0 Å². The van der Waals surface area contributed by atoms with Crippen LogP contribution in [0.3, 0.4) is 0 Å². The summed E-state index contributed by atoms with van der Waals surface area (Å²) in [6, 6.07) is -0.0288. The fourth-order valence-electron chi connectivity index (χ4n) is 0.631. The number of amides is 2. The molecule has 0 spiro atoms. The van der Waals surface area contributed by atoms with E-state index in [0.717, 1.165) is 0 Å². The first-order valence-electron chi connectivity index (χ1n) is 3.53. The second-order valence-corrected chi connectivity index (χ2v) is 3.08. The highest BCUT2D eigenvalue weighted by Crippen LogP contribution is 1.88. The zero-order chi connectivity index (χ0) is 9.56. The van der Waals surface area contributed by atoms with Crippen molar-refractivity contribution in [2.45, 2.75) is 0 Å². The van der Waals surface area contributed by atoms with Crippen molar-refractivity contribution >= 4 is 22.0 Å². The highest BCUT2D eigenvalue weighted by molar-refractivity contribution is 9.09. The Balaban J connectivity index is 3.87. The quantitative estimate of drug-likeness (QED) is 0.489. The number of carbonyl (C=O) groups excluding carboxylic acids is 1. The summed E-state index contributed by atoms with van der Waals surface area (Å²) in [5.74, 6) is 5.68. The fraction of sp³-hybridized carbons (Fsp3) is 0.625. The fourth-order valence-corrected chi connectivity index (χ4v) is 0.829. The molecule has 4 heteroatoms. The van der Waals surface area contributed by atoms with E-state index in [2.05, 4.69) is 27.8 Å². The maximum Gasteiger partial charge on any atom is 0.320 e. The van der Waals surface area contributed by atoms with Crippen molar-refractivity contribution in [3.05, 3.63) is 0 Å². The number of rotatable bonds is 1. The molecule has 0 aliphatic carbocycles. The maximum atomic E-state index is 11.2. The third kappa shape index (κ3) is 4.24. The minimum Gasteiger partial charge on any atom is -0.331 e. The van der Waals surface area contributed by atoms with Crippen LogP contribution in [0, 0.1) is 11.8 Å². The monoisotopic (exact) mass is 232 g/mol. The van der Waals surface area contributed by atoms with E-state index in [0.29, 0.717) is 11.9 Å². The first kappa shape index (κ1) is 11.3. The lowest BCUT2D eigenvalue weighted by Gasteiger charge is -2.19. The molecule has 0 saturated carbocycles. The number of hydrogen-bond donors (Lipinski definition) is 0. The molecule has 0 heterocycles. The van der Waals surface area contributed by atoms with Crippen molar-refractivity contribution in [3.8, 4) is 11.8 Å². The summed E-state index contributed by atoms with van der Waals surface area (Å²) < 4.78 is 0. The summed E-state index contributed by atoms with van der Waals surface area (Å²) in [6.07, 6.45) is 0. The van der Waals surface area contributed by atoms with Gasteiger partial charge < -0.3 is 9.80 Å². The summed E-state index contributed by atoms with van der Waals surface area (Å²) in [5, 5.41) is 0.650. The largest absolute Gasteiger partial charge is 0.331 e. The van der Waals surface area contributed by atoms with E-state index in [1.54, 1.807) is 26.0 Å². The van der Waals surface area contributed by atoms with Crippen LogP contribution in [0.5, 0.6) is 0 Å². The van der Waals surface area contributed by atoms with Gasteiger partial charge in [-0.3, -0.25) is 0 Å². The van der Waals surface area contributed by atoms with Gasteiger partial charge >= 0.3 is 6.03 Å². The molecule has 3 nitrogen and oxygen atoms in total. The number of carbonyl (C=O) groups is 1. The molecule has 0 rings (SSSR count). The Hall–Kier alpha value is -0.690. The standard InChI is InChI=1S/C8H13BrN2O/c1-10(2)8(12)11(3)7-5-4-6-9/h6-7H2,1-3H3. The third-order valence-electron chi connectivity index (χ3n) is 1.22. The van der Waals surface area contributed by atoms with Crippen molar-refractivity contribution in [1.29, 1.82) is 0 Å². The second-order valence-electron chi connectivity index (χ2n) is 2.52. The SMILES string of the molecule is CN(C)C(=O)N(C)CC#CCBr. The van der Waals surface area contributed by atoms with Crippen LogP contribution in [0.25, 0.3) is 0 Å². The molecule has 2 amide bonds. The summed E-state index contributed by atoms with van der Waals surface area (Å²) in [6.45, 7) is 0.475. The summed E-state index contributed by atoms with van der Waals surface area (Å²) >= 11 is 3.18. The van der Waals surface area contributed by atoms with Gasteiger partial charge in [-0.2, -0.15) is 0 Å². The van der Waals surface area contributed by atoms with Crippen LogP contribution < -0.4 is 0 Å². The molecule has 0 aromatic heterocycles. The van der Waals surface area contributed by atoms with Gasteiger partial charge in [-0.25, -0.2) is 4.79 Å². The number of nitrogens with zero attached hydrogens (tertiary/aromatic N) is 2. The Morgan fingerprint density at radius 3 is 2.33 bits per heavy atom. The van der Waals surface area contributed by atoms with Gasteiger partial charge in [0.1, 0.15) is 0 Å². The van der Waals surface area contributed by atoms with Crippen LogP contribution >= 0.6 is 15.9 Å². The lowest BCUT2D eigenvalue weighted by molar-refractivity contribution is 0.187. The molecule has 0 atom stereocenters. The second kappa shape index (κ2) is 5.90. The minimum atomic E-state index is -0.0288. The molecule has 0 aliphatic heterocycles. The van der Waals surface area contributed by atoms with Crippen LogP contribution in [0.2, 0.25) is 0 Å². The topological polar surface area (TPSA) is 23.6 Å². The molecule has 0 unspecified atom stereocenters. The lowest BCUT2D eigenvalue weighted by atomic mass is 10.5. The van der Waals surface area contributed by atoms with Crippen LogP contribution in [0.4, 0.5) is 4.79 Å². The molecule has 0 aromatic carbocycles. The summed E-state index contributed by atoms with van der Waals surface area (Å²) in [4.78, 5) is 14.3. The average molecular weight is 233 g/mol. The van der Waals surface area contributed by atoms with Gasteiger partial charge in [0.25, 0.3) is 0 Å². The molecule has 0 bridgehead atoms. The lowest BCUT2D eigenvalue weighted by Crippen LogP contribution is -2.36. The number of urea groups is 1. The van der Waals surface area contributed by atoms with Crippen LogP contribution in [-0.2, 0) is 0 Å². The first-order valence-corrected chi connectivity index (χ1v) is 4.66. The molecule has 68 valence electrons. The van der Waals surface area contributed by atoms with Crippen molar-refractivity contribution in [1.82, 2.24) is 9.80 Å². The van der Waals surface area contributed by atoms with E-state index in [-0.39, 0.29) is 6.03 Å². The van der Waals surface area contributed by atoms with Crippen LogP contribution in [0.15, 0.2) is 0 Å². The van der Waals surface area contributed by atoms with Crippen molar-refractivity contribution < 1.29 is 4.79 Å². The molecule has 0 fully saturated rings.